The van der Waals surface area contributed by atoms with Crippen molar-refractivity contribution in [3.8, 4) is 22.3 Å². The standard InChI is InChI=1S/C67H46N2O2.C3H6/c1-42-18-15-27-50-52-26-11-14-32-60(66(52)70-64(42)50)68(56-30-12-9-24-48(56)44-20-5-3-6-21-44)58-40-36-46-35-39-55-59(41-37-47-34-38-54(58)62(46)63(47)55)69(57-31-13-10-25-49(57)45-22-7-4-8-23-45)61-33-17-29-53-51-28-16-19-43(2)65(51)71-67(53)61;1-3-2/h3-10,12-41H,11H2,1-2H3;3H,1H2,2H3. The summed E-state index contributed by atoms with van der Waals surface area (Å²) in [7, 11) is 0. The molecule has 74 heavy (non-hydrogen) atoms. The number of anilines is 5. The van der Waals surface area contributed by atoms with E-state index in [0.29, 0.717) is 0 Å². The molecule has 0 aliphatic heterocycles. The zero-order valence-corrected chi connectivity index (χ0v) is 41.6. The molecule has 0 spiro atoms. The van der Waals surface area contributed by atoms with E-state index in [1.165, 1.54) is 21.5 Å². The van der Waals surface area contributed by atoms with Gasteiger partial charge in [-0.15, -0.1) is 6.58 Å². The fourth-order valence-electron chi connectivity index (χ4n) is 11.4. The zero-order chi connectivity index (χ0) is 49.9. The van der Waals surface area contributed by atoms with E-state index in [9.17, 15) is 0 Å². The van der Waals surface area contributed by atoms with E-state index in [1.54, 1.807) is 6.08 Å². The van der Waals surface area contributed by atoms with E-state index in [0.717, 1.165) is 128 Å². The number of aryl methyl sites for hydroxylation is 2. The number of hydrogen-bond acceptors (Lipinski definition) is 4. The Labute approximate surface area is 430 Å². The van der Waals surface area contributed by atoms with Gasteiger partial charge in [0.2, 0.25) is 0 Å². The van der Waals surface area contributed by atoms with Crippen molar-refractivity contribution in [2.24, 2.45) is 0 Å². The fraction of sp³-hybridized carbons (Fsp3) is 0.0571. The SMILES string of the molecule is C=CC.Cc1cccc2c3c(oc12)=C(N(c1ccccc1-c1ccccc1)c1ccc2ccc4c(N(c5ccccc5-c5ccccc5)c5cccc6c5oc5c(C)cccc56)ccc5ccc1c2c54)C=CCC=3. The Morgan fingerprint density at radius 2 is 0.892 bits per heavy atom. The van der Waals surface area contributed by atoms with Crippen LogP contribution < -0.4 is 20.4 Å². The van der Waals surface area contributed by atoms with Crippen LogP contribution in [0.4, 0.5) is 28.4 Å². The van der Waals surface area contributed by atoms with E-state index in [-0.39, 0.29) is 0 Å². The first-order chi connectivity index (χ1) is 36.5. The number of rotatable bonds is 8. The number of hydrogen-bond donors (Lipinski definition) is 0. The van der Waals surface area contributed by atoms with Crippen LogP contribution in [-0.4, -0.2) is 0 Å². The molecule has 4 heteroatoms. The van der Waals surface area contributed by atoms with Crippen molar-refractivity contribution < 1.29 is 8.83 Å². The summed E-state index contributed by atoms with van der Waals surface area (Å²) in [6.45, 7) is 9.51. The highest BCUT2D eigenvalue weighted by Crippen LogP contribution is 2.51. The second-order valence-corrected chi connectivity index (χ2v) is 19.2. The molecule has 11 aromatic carbocycles. The predicted molar refractivity (Wildman–Crippen MR) is 314 cm³/mol. The Bertz CT molecular complexity index is 4460. The van der Waals surface area contributed by atoms with Crippen molar-refractivity contribution in [1.29, 1.82) is 0 Å². The van der Waals surface area contributed by atoms with Crippen molar-refractivity contribution in [1.82, 2.24) is 0 Å². The van der Waals surface area contributed by atoms with Crippen LogP contribution in [0.2, 0.25) is 0 Å². The monoisotopic (exact) mass is 952 g/mol. The molecule has 0 saturated heterocycles. The van der Waals surface area contributed by atoms with Crippen LogP contribution in [0.5, 0.6) is 0 Å². The first kappa shape index (κ1) is 44.6. The Kier molecular flexibility index (Phi) is 11.0. The molecule has 4 nitrogen and oxygen atoms in total. The van der Waals surface area contributed by atoms with Crippen LogP contribution >= 0.6 is 0 Å². The van der Waals surface area contributed by atoms with Crippen molar-refractivity contribution in [2.45, 2.75) is 27.2 Å². The van der Waals surface area contributed by atoms with Gasteiger partial charge in [0.05, 0.1) is 34.1 Å². The van der Waals surface area contributed by atoms with Gasteiger partial charge >= 0.3 is 0 Å². The van der Waals surface area contributed by atoms with E-state index >= 15 is 0 Å². The molecule has 0 radical (unpaired) electrons. The molecule has 13 aromatic rings. The minimum absolute atomic E-state index is 0.791. The van der Waals surface area contributed by atoms with Crippen molar-refractivity contribution in [3.63, 3.8) is 0 Å². The maximum atomic E-state index is 7.06. The smallest absolute Gasteiger partial charge is 0.159 e. The molecule has 0 fully saturated rings. The maximum absolute atomic E-state index is 7.06. The molecule has 1 aliphatic rings. The van der Waals surface area contributed by atoms with Gasteiger partial charge in [-0.25, -0.2) is 0 Å². The number of nitrogens with zero attached hydrogens (tertiary/aromatic N) is 2. The molecule has 0 unspecified atom stereocenters. The third kappa shape index (κ3) is 7.21. The molecule has 2 aromatic heterocycles. The van der Waals surface area contributed by atoms with Gasteiger partial charge in [-0.05, 0) is 107 Å². The first-order valence-electron chi connectivity index (χ1n) is 25.5. The lowest BCUT2D eigenvalue weighted by Crippen LogP contribution is -2.29. The van der Waals surface area contributed by atoms with Gasteiger partial charge in [0.15, 0.2) is 11.0 Å². The van der Waals surface area contributed by atoms with Gasteiger partial charge in [-0.2, -0.15) is 0 Å². The second kappa shape index (κ2) is 18.3. The predicted octanol–water partition coefficient (Wildman–Crippen LogP) is 18.5. The van der Waals surface area contributed by atoms with Gasteiger partial charge in [-0.1, -0.05) is 200 Å². The summed E-state index contributed by atoms with van der Waals surface area (Å²) < 4.78 is 14.0. The van der Waals surface area contributed by atoms with E-state index in [4.69, 9.17) is 8.83 Å². The molecule has 14 rings (SSSR count). The lowest BCUT2D eigenvalue weighted by atomic mass is 9.91. The molecular formula is C70H52N2O2. The zero-order valence-electron chi connectivity index (χ0n) is 41.6. The van der Waals surface area contributed by atoms with Crippen LogP contribution in [0.1, 0.15) is 24.5 Å². The third-order valence-electron chi connectivity index (χ3n) is 14.7. The summed E-state index contributed by atoms with van der Waals surface area (Å²) in [5, 5.41) is 11.5. The minimum Gasteiger partial charge on any atom is -0.454 e. The Hall–Kier alpha value is -9.38. The van der Waals surface area contributed by atoms with Gasteiger partial charge < -0.3 is 18.6 Å². The van der Waals surface area contributed by atoms with Crippen LogP contribution in [0.3, 0.4) is 0 Å². The molecule has 2 heterocycles. The van der Waals surface area contributed by atoms with E-state index < -0.39 is 0 Å². The lowest BCUT2D eigenvalue weighted by molar-refractivity contribution is 0.569. The topological polar surface area (TPSA) is 32.8 Å². The van der Waals surface area contributed by atoms with Crippen molar-refractivity contribution in [2.75, 3.05) is 9.80 Å². The highest BCUT2D eigenvalue weighted by Gasteiger charge is 2.28. The summed E-state index contributed by atoms with van der Waals surface area (Å²) in [4.78, 5) is 4.89. The van der Waals surface area contributed by atoms with E-state index in [1.807, 2.05) is 6.92 Å². The van der Waals surface area contributed by atoms with Crippen LogP contribution in [0.15, 0.2) is 246 Å². The number of benzene rings is 11. The molecule has 0 atom stereocenters. The van der Waals surface area contributed by atoms with Crippen LogP contribution in [0.25, 0.3) is 99.3 Å². The van der Waals surface area contributed by atoms with Crippen molar-refractivity contribution in [3.05, 3.63) is 259 Å². The van der Waals surface area contributed by atoms with Crippen LogP contribution in [-0.2, 0) is 0 Å². The Morgan fingerprint density at radius 1 is 0.419 bits per heavy atom. The average molecular weight is 953 g/mol. The summed E-state index contributed by atoms with van der Waals surface area (Å²) in [6, 6.07) is 76.9. The summed E-state index contributed by atoms with van der Waals surface area (Å²) >= 11 is 0. The first-order valence-corrected chi connectivity index (χ1v) is 25.5. The number of fused-ring (bicyclic) bond motifs is 6. The highest BCUT2D eigenvalue weighted by atomic mass is 16.3. The average Bonchev–Trinajstić information content (AvgIpc) is 4.02. The molecule has 0 bridgehead atoms. The molecule has 354 valence electrons. The molecule has 0 N–H and O–H groups in total. The van der Waals surface area contributed by atoms with Gasteiger partial charge in [0.25, 0.3) is 0 Å². The highest BCUT2D eigenvalue weighted by molar-refractivity contribution is 6.29. The largest absolute Gasteiger partial charge is 0.454 e. The maximum Gasteiger partial charge on any atom is 0.159 e. The molecule has 0 saturated carbocycles. The number of furan rings is 2. The number of allylic oxidation sites excluding steroid dienone is 2. The fourth-order valence-corrected chi connectivity index (χ4v) is 11.4. The third-order valence-corrected chi connectivity index (χ3v) is 14.7. The van der Waals surface area contributed by atoms with E-state index in [2.05, 4.69) is 261 Å². The molecular weight excluding hydrogens is 901 g/mol. The summed E-state index contributed by atoms with van der Waals surface area (Å²) in [5.41, 5.74) is 16.6. The molecule has 0 amide bonds. The summed E-state index contributed by atoms with van der Waals surface area (Å²) in [5.74, 6) is 0. The molecule has 1 aliphatic carbocycles. The van der Waals surface area contributed by atoms with Crippen LogP contribution in [0, 0.1) is 13.8 Å². The number of para-hydroxylation sites is 5. The lowest BCUT2D eigenvalue weighted by Gasteiger charge is -2.31. The van der Waals surface area contributed by atoms with Crippen molar-refractivity contribution >= 4 is 105 Å². The Morgan fingerprint density at radius 3 is 1.50 bits per heavy atom. The Balaban J connectivity index is 0.00000172. The minimum atomic E-state index is 0.791. The normalized spacial score (nSPS) is 12.3. The second-order valence-electron chi connectivity index (χ2n) is 19.2. The van der Waals surface area contributed by atoms with Gasteiger partial charge in [-0.3, -0.25) is 0 Å². The van der Waals surface area contributed by atoms with Gasteiger partial charge in [0.1, 0.15) is 11.2 Å². The summed E-state index contributed by atoms with van der Waals surface area (Å²) in [6.07, 6.45) is 9.38. The van der Waals surface area contributed by atoms with Gasteiger partial charge in [0, 0.05) is 43.3 Å². The quantitative estimate of drug-likeness (QED) is 0.112.